The lowest BCUT2D eigenvalue weighted by Gasteiger charge is -2.28. The SMILES string of the molecule is CC(C)(C)c1cc(CCC(=O)N/N=C\c2cccc(OCc3ccc(Cl)cc3)c2)cc(C(C)(C)C)c1O. The predicted octanol–water partition coefficient (Wildman–Crippen LogP) is 7.30. The number of carbonyl (C=O) groups is 1. The van der Waals surface area contributed by atoms with Gasteiger partial charge in [-0.3, -0.25) is 4.79 Å². The van der Waals surface area contributed by atoms with E-state index >= 15 is 0 Å². The fraction of sp³-hybridized carbons (Fsp3) is 0.355. The van der Waals surface area contributed by atoms with E-state index in [0.717, 1.165) is 27.8 Å². The second-order valence-electron chi connectivity index (χ2n) is 11.3. The zero-order chi connectivity index (χ0) is 27.2. The lowest BCUT2D eigenvalue weighted by Crippen LogP contribution is -2.20. The van der Waals surface area contributed by atoms with Gasteiger partial charge in [0.05, 0.1) is 6.21 Å². The molecule has 0 bridgehead atoms. The summed E-state index contributed by atoms with van der Waals surface area (Å²) in [4.78, 5) is 12.5. The molecule has 6 heteroatoms. The maximum atomic E-state index is 12.5. The molecule has 0 atom stereocenters. The third-order valence-corrected chi connectivity index (χ3v) is 6.26. The molecule has 0 heterocycles. The third-order valence-electron chi connectivity index (χ3n) is 6.01. The van der Waals surface area contributed by atoms with E-state index in [4.69, 9.17) is 16.3 Å². The number of aryl methyl sites for hydroxylation is 1. The lowest BCUT2D eigenvalue weighted by atomic mass is 9.78. The fourth-order valence-electron chi connectivity index (χ4n) is 3.91. The monoisotopic (exact) mass is 520 g/mol. The van der Waals surface area contributed by atoms with Crippen molar-refractivity contribution in [3.63, 3.8) is 0 Å². The van der Waals surface area contributed by atoms with Gasteiger partial charge in [0.1, 0.15) is 18.1 Å². The first-order valence-electron chi connectivity index (χ1n) is 12.5. The van der Waals surface area contributed by atoms with E-state index in [-0.39, 0.29) is 16.7 Å². The highest BCUT2D eigenvalue weighted by Gasteiger charge is 2.26. The molecular formula is C31H37ClN2O3. The summed E-state index contributed by atoms with van der Waals surface area (Å²) in [6.07, 6.45) is 2.45. The summed E-state index contributed by atoms with van der Waals surface area (Å²) in [5, 5.41) is 15.7. The Morgan fingerprint density at radius 2 is 1.57 bits per heavy atom. The molecule has 5 nitrogen and oxygen atoms in total. The van der Waals surface area contributed by atoms with Crippen molar-refractivity contribution in [3.05, 3.63) is 93.5 Å². The molecule has 0 spiro atoms. The number of nitrogens with zero attached hydrogens (tertiary/aromatic N) is 1. The summed E-state index contributed by atoms with van der Waals surface area (Å²) in [6, 6.07) is 19.1. The van der Waals surface area contributed by atoms with Crippen molar-refractivity contribution in [3.8, 4) is 11.5 Å². The van der Waals surface area contributed by atoms with Gasteiger partial charge < -0.3 is 9.84 Å². The summed E-state index contributed by atoms with van der Waals surface area (Å²) < 4.78 is 5.85. The van der Waals surface area contributed by atoms with Crippen molar-refractivity contribution in [2.45, 2.75) is 71.8 Å². The Labute approximate surface area is 225 Å². The van der Waals surface area contributed by atoms with E-state index in [2.05, 4.69) is 52.1 Å². The zero-order valence-electron chi connectivity index (χ0n) is 22.6. The Bertz CT molecular complexity index is 1220. The van der Waals surface area contributed by atoms with Crippen LogP contribution in [0.2, 0.25) is 5.02 Å². The number of ether oxygens (including phenoxy) is 1. The van der Waals surface area contributed by atoms with Gasteiger partial charge in [-0.05, 0) is 69.3 Å². The first-order chi connectivity index (χ1) is 17.3. The van der Waals surface area contributed by atoms with Gasteiger partial charge in [-0.25, -0.2) is 5.43 Å². The van der Waals surface area contributed by atoms with Crippen LogP contribution in [0, 0.1) is 0 Å². The average Bonchev–Trinajstić information content (AvgIpc) is 2.82. The van der Waals surface area contributed by atoms with E-state index in [1.54, 1.807) is 6.21 Å². The average molecular weight is 521 g/mol. The molecule has 37 heavy (non-hydrogen) atoms. The highest BCUT2D eigenvalue weighted by molar-refractivity contribution is 6.30. The number of phenolic OH excluding ortho intramolecular Hbond substituents is 1. The van der Waals surface area contributed by atoms with Gasteiger partial charge >= 0.3 is 0 Å². The molecule has 196 valence electrons. The normalized spacial score (nSPS) is 12.1. The number of halogens is 1. The molecule has 0 radical (unpaired) electrons. The quantitative estimate of drug-likeness (QED) is 0.242. The Morgan fingerprint density at radius 1 is 0.946 bits per heavy atom. The second kappa shape index (κ2) is 11.8. The molecule has 3 aromatic rings. The predicted molar refractivity (Wildman–Crippen MR) is 152 cm³/mol. The molecule has 0 aliphatic carbocycles. The standard InChI is InChI=1S/C31H37ClN2O3/c1-30(2,3)26-17-22(18-27(29(26)36)31(4,5)6)12-15-28(35)34-33-19-23-8-7-9-25(16-23)37-20-21-10-13-24(32)14-11-21/h7-11,13-14,16-19,36H,12,15,20H2,1-6H3,(H,34,35)/b33-19-. The minimum Gasteiger partial charge on any atom is -0.507 e. The molecule has 0 saturated heterocycles. The summed E-state index contributed by atoms with van der Waals surface area (Å²) in [5.74, 6) is 0.883. The van der Waals surface area contributed by atoms with Gasteiger partial charge in [-0.1, -0.05) is 89.5 Å². The topological polar surface area (TPSA) is 70.9 Å². The first kappa shape index (κ1) is 28.3. The number of rotatable bonds is 8. The van der Waals surface area contributed by atoms with E-state index in [1.807, 2.05) is 60.7 Å². The number of nitrogens with one attached hydrogen (secondary N) is 1. The molecule has 0 saturated carbocycles. The number of amides is 1. The number of phenols is 1. The Morgan fingerprint density at radius 3 is 2.16 bits per heavy atom. The second-order valence-corrected chi connectivity index (χ2v) is 11.8. The first-order valence-corrected chi connectivity index (χ1v) is 12.9. The van der Waals surface area contributed by atoms with E-state index in [0.29, 0.717) is 36.0 Å². The molecule has 0 aliphatic rings. The minimum absolute atomic E-state index is 0.172. The number of hydrazone groups is 1. The number of hydrogen-bond donors (Lipinski definition) is 2. The molecule has 0 unspecified atom stereocenters. The van der Waals surface area contributed by atoms with Crippen molar-refractivity contribution in [1.29, 1.82) is 0 Å². The number of aromatic hydroxyl groups is 1. The van der Waals surface area contributed by atoms with Gasteiger partial charge in [0.25, 0.3) is 0 Å². The van der Waals surface area contributed by atoms with Crippen LogP contribution in [0.4, 0.5) is 0 Å². The summed E-state index contributed by atoms with van der Waals surface area (Å²) in [6.45, 7) is 12.9. The number of carbonyl (C=O) groups excluding carboxylic acids is 1. The summed E-state index contributed by atoms with van der Waals surface area (Å²) >= 11 is 5.93. The Kier molecular flexibility index (Phi) is 9.03. The van der Waals surface area contributed by atoms with Crippen LogP contribution in [0.3, 0.4) is 0 Å². The van der Waals surface area contributed by atoms with Crippen LogP contribution in [0.15, 0.2) is 65.8 Å². The minimum atomic E-state index is -0.209. The van der Waals surface area contributed by atoms with E-state index in [1.165, 1.54) is 0 Å². The highest BCUT2D eigenvalue weighted by Crippen LogP contribution is 2.40. The van der Waals surface area contributed by atoms with Crippen LogP contribution in [0.1, 0.15) is 75.8 Å². The van der Waals surface area contributed by atoms with Crippen molar-refractivity contribution >= 4 is 23.7 Å². The van der Waals surface area contributed by atoms with Gasteiger partial charge in [-0.2, -0.15) is 5.10 Å². The fourth-order valence-corrected chi connectivity index (χ4v) is 4.03. The lowest BCUT2D eigenvalue weighted by molar-refractivity contribution is -0.121. The largest absolute Gasteiger partial charge is 0.507 e. The van der Waals surface area contributed by atoms with E-state index in [9.17, 15) is 9.90 Å². The van der Waals surface area contributed by atoms with Crippen molar-refractivity contribution in [2.75, 3.05) is 0 Å². The molecule has 2 N–H and O–H groups in total. The van der Waals surface area contributed by atoms with Crippen LogP contribution in [0.5, 0.6) is 11.5 Å². The molecule has 1 amide bonds. The van der Waals surface area contributed by atoms with Gasteiger partial charge in [0.15, 0.2) is 0 Å². The highest BCUT2D eigenvalue weighted by atomic mass is 35.5. The summed E-state index contributed by atoms with van der Waals surface area (Å²) in [7, 11) is 0. The molecule has 0 aliphatic heterocycles. The van der Waals surface area contributed by atoms with Crippen LogP contribution < -0.4 is 10.2 Å². The van der Waals surface area contributed by atoms with Crippen molar-refractivity contribution in [2.24, 2.45) is 5.10 Å². The van der Waals surface area contributed by atoms with Crippen molar-refractivity contribution in [1.82, 2.24) is 5.43 Å². The van der Waals surface area contributed by atoms with Gasteiger partial charge in [0.2, 0.25) is 5.91 Å². The molecular weight excluding hydrogens is 484 g/mol. The molecule has 3 rings (SSSR count). The van der Waals surface area contributed by atoms with Crippen LogP contribution in [0.25, 0.3) is 0 Å². The van der Waals surface area contributed by atoms with Crippen LogP contribution >= 0.6 is 11.6 Å². The van der Waals surface area contributed by atoms with Crippen LogP contribution in [-0.4, -0.2) is 17.2 Å². The summed E-state index contributed by atoms with van der Waals surface area (Å²) in [5.41, 5.74) is 6.85. The number of hydrogen-bond acceptors (Lipinski definition) is 4. The Hall–Kier alpha value is -3.31. The molecule has 3 aromatic carbocycles. The smallest absolute Gasteiger partial charge is 0.240 e. The van der Waals surface area contributed by atoms with Gasteiger partial charge in [-0.15, -0.1) is 0 Å². The third kappa shape index (κ3) is 8.36. The van der Waals surface area contributed by atoms with E-state index < -0.39 is 0 Å². The maximum absolute atomic E-state index is 12.5. The zero-order valence-corrected chi connectivity index (χ0v) is 23.3. The molecule has 0 fully saturated rings. The van der Waals surface area contributed by atoms with Crippen molar-refractivity contribution < 1.29 is 14.6 Å². The number of benzene rings is 3. The Balaban J connectivity index is 1.58. The maximum Gasteiger partial charge on any atom is 0.240 e. The van der Waals surface area contributed by atoms with Gasteiger partial charge in [0, 0.05) is 11.4 Å². The van der Waals surface area contributed by atoms with Crippen LogP contribution in [-0.2, 0) is 28.7 Å². The molecule has 0 aromatic heterocycles.